The Morgan fingerprint density at radius 3 is 2.68 bits per heavy atom. The van der Waals surface area contributed by atoms with Crippen molar-refractivity contribution in [1.82, 2.24) is 9.97 Å². The number of anilines is 2. The van der Waals surface area contributed by atoms with Gasteiger partial charge in [-0.3, -0.25) is 9.59 Å². The number of pyridine rings is 1. The van der Waals surface area contributed by atoms with Crippen LogP contribution < -0.4 is 15.8 Å². The van der Waals surface area contributed by atoms with Crippen LogP contribution in [0.2, 0.25) is 0 Å². The van der Waals surface area contributed by atoms with Gasteiger partial charge in [0.2, 0.25) is 0 Å². The number of H-pyrrole nitrogens is 1. The summed E-state index contributed by atoms with van der Waals surface area (Å²) in [6.07, 6.45) is 0. The van der Waals surface area contributed by atoms with E-state index >= 15 is 0 Å². The number of ether oxygens (including phenoxy) is 1. The number of benzene rings is 2. The van der Waals surface area contributed by atoms with Crippen molar-refractivity contribution in [2.75, 3.05) is 36.5 Å². The zero-order valence-electron chi connectivity index (χ0n) is 16.6. The second-order valence-corrected chi connectivity index (χ2v) is 8.08. The molecule has 2 N–H and O–H groups in total. The van der Waals surface area contributed by atoms with E-state index in [0.717, 1.165) is 48.1 Å². The summed E-state index contributed by atoms with van der Waals surface area (Å²) in [6, 6.07) is 16.4. The van der Waals surface area contributed by atoms with Crippen LogP contribution in [0.25, 0.3) is 22.0 Å². The molecular formula is C23H20N4O3S. The van der Waals surface area contributed by atoms with E-state index < -0.39 is 0 Å². The Bertz CT molecular complexity index is 1290. The van der Waals surface area contributed by atoms with Gasteiger partial charge in [-0.15, -0.1) is 11.3 Å². The molecule has 0 aliphatic carbocycles. The monoisotopic (exact) mass is 432 g/mol. The zero-order chi connectivity index (χ0) is 21.2. The second-order valence-electron chi connectivity index (χ2n) is 7.25. The third-order valence-corrected chi connectivity index (χ3v) is 6.11. The van der Waals surface area contributed by atoms with Gasteiger partial charge in [0.25, 0.3) is 11.5 Å². The number of nitrogens with zero attached hydrogens (tertiary/aromatic N) is 2. The topological polar surface area (TPSA) is 87.3 Å². The molecule has 4 aromatic rings. The lowest BCUT2D eigenvalue weighted by Crippen LogP contribution is -2.36. The smallest absolute Gasteiger partial charge is 0.272 e. The van der Waals surface area contributed by atoms with Crippen LogP contribution in [-0.4, -0.2) is 42.2 Å². The summed E-state index contributed by atoms with van der Waals surface area (Å²) in [7, 11) is 0. The molecule has 0 unspecified atom stereocenters. The van der Waals surface area contributed by atoms with Gasteiger partial charge in [0, 0.05) is 35.1 Å². The van der Waals surface area contributed by atoms with Gasteiger partial charge < -0.3 is 19.9 Å². The summed E-state index contributed by atoms with van der Waals surface area (Å²) in [5.74, 6) is -0.362. The minimum absolute atomic E-state index is 0.224. The number of morpholine rings is 1. The average molecular weight is 433 g/mol. The number of carbonyl (C=O) groups excluding carboxylic acids is 1. The van der Waals surface area contributed by atoms with Crippen LogP contribution in [0.5, 0.6) is 0 Å². The van der Waals surface area contributed by atoms with Crippen molar-refractivity contribution in [3.05, 3.63) is 76.0 Å². The van der Waals surface area contributed by atoms with Crippen LogP contribution in [0.4, 0.5) is 10.8 Å². The van der Waals surface area contributed by atoms with Gasteiger partial charge in [-0.1, -0.05) is 30.3 Å². The fraction of sp³-hybridized carbons (Fsp3) is 0.174. The summed E-state index contributed by atoms with van der Waals surface area (Å²) in [4.78, 5) is 34.5. The van der Waals surface area contributed by atoms with E-state index in [1.807, 2.05) is 41.8 Å². The summed E-state index contributed by atoms with van der Waals surface area (Å²) < 4.78 is 5.40. The van der Waals surface area contributed by atoms with Crippen LogP contribution in [0.15, 0.2) is 64.8 Å². The van der Waals surface area contributed by atoms with Gasteiger partial charge >= 0.3 is 0 Å². The number of carbonyl (C=O) groups is 1. The van der Waals surface area contributed by atoms with Crippen LogP contribution in [-0.2, 0) is 4.74 Å². The van der Waals surface area contributed by atoms with Crippen molar-refractivity contribution in [3.8, 4) is 11.3 Å². The lowest BCUT2D eigenvalue weighted by Gasteiger charge is -2.26. The van der Waals surface area contributed by atoms with Crippen molar-refractivity contribution in [2.45, 2.75) is 0 Å². The van der Waals surface area contributed by atoms with Gasteiger partial charge in [0.05, 0.1) is 18.9 Å². The normalized spacial score (nSPS) is 14.0. The van der Waals surface area contributed by atoms with E-state index in [4.69, 9.17) is 9.72 Å². The number of fused-ring (bicyclic) bond motifs is 1. The Morgan fingerprint density at radius 2 is 1.87 bits per heavy atom. The average Bonchev–Trinajstić information content (AvgIpc) is 3.30. The molecule has 3 heterocycles. The summed E-state index contributed by atoms with van der Waals surface area (Å²) in [5, 5.41) is 7.16. The number of hydrogen-bond donors (Lipinski definition) is 2. The minimum Gasteiger partial charge on any atom is -0.378 e. The van der Waals surface area contributed by atoms with E-state index in [9.17, 15) is 9.59 Å². The van der Waals surface area contributed by atoms with Crippen molar-refractivity contribution in [3.63, 3.8) is 0 Å². The second kappa shape index (κ2) is 8.33. The van der Waals surface area contributed by atoms with Crippen LogP contribution in [0.3, 0.4) is 0 Å². The first-order valence-electron chi connectivity index (χ1n) is 9.99. The predicted molar refractivity (Wildman–Crippen MR) is 123 cm³/mol. The molecule has 7 nitrogen and oxygen atoms in total. The number of hydrogen-bond acceptors (Lipinski definition) is 6. The highest BCUT2D eigenvalue weighted by molar-refractivity contribution is 7.14. The Morgan fingerprint density at radius 1 is 1.10 bits per heavy atom. The molecule has 1 aliphatic heterocycles. The number of thiazole rings is 1. The fourth-order valence-corrected chi connectivity index (χ4v) is 4.44. The maximum absolute atomic E-state index is 12.6. The number of rotatable bonds is 4. The Kier molecular flexibility index (Phi) is 5.23. The van der Waals surface area contributed by atoms with Crippen molar-refractivity contribution in [2.24, 2.45) is 0 Å². The molecule has 2 aromatic carbocycles. The van der Waals surface area contributed by atoms with Crippen molar-refractivity contribution < 1.29 is 9.53 Å². The highest BCUT2D eigenvalue weighted by Gasteiger charge is 2.15. The minimum atomic E-state index is -0.362. The molecule has 1 fully saturated rings. The zero-order valence-corrected chi connectivity index (χ0v) is 17.4. The molecule has 0 atom stereocenters. The summed E-state index contributed by atoms with van der Waals surface area (Å²) in [6.45, 7) is 3.17. The highest BCUT2D eigenvalue weighted by atomic mass is 32.1. The van der Waals surface area contributed by atoms with Crippen molar-refractivity contribution in [1.29, 1.82) is 0 Å². The first-order chi connectivity index (χ1) is 15.2. The molecule has 1 aliphatic rings. The molecule has 1 amide bonds. The molecule has 0 radical (unpaired) electrons. The van der Waals surface area contributed by atoms with Gasteiger partial charge in [0.15, 0.2) is 5.13 Å². The summed E-state index contributed by atoms with van der Waals surface area (Å²) >= 11 is 1.62. The van der Waals surface area contributed by atoms with Gasteiger partial charge in [-0.05, 0) is 29.7 Å². The Hall–Kier alpha value is -3.49. The molecular weight excluding hydrogens is 412 g/mol. The van der Waals surface area contributed by atoms with Gasteiger partial charge in [0.1, 0.15) is 5.69 Å². The summed E-state index contributed by atoms with van der Waals surface area (Å²) in [5.41, 5.74) is 2.48. The van der Waals surface area contributed by atoms with E-state index in [0.29, 0.717) is 11.1 Å². The van der Waals surface area contributed by atoms with Gasteiger partial charge in [-0.25, -0.2) is 4.98 Å². The SMILES string of the molecule is O=C(Nc1ccc(-c2csc(N3CCOCC3)n2)cc1)c1cc2ccccc2c(=O)[nH]1. The maximum atomic E-state index is 12.6. The molecule has 0 spiro atoms. The Labute approximate surface area is 182 Å². The molecule has 5 rings (SSSR count). The van der Waals surface area contributed by atoms with E-state index in [2.05, 4.69) is 15.2 Å². The molecule has 0 saturated carbocycles. The first kappa shape index (κ1) is 19.5. The van der Waals surface area contributed by atoms with Gasteiger partial charge in [-0.2, -0.15) is 0 Å². The first-order valence-corrected chi connectivity index (χ1v) is 10.9. The van der Waals surface area contributed by atoms with Crippen LogP contribution in [0.1, 0.15) is 10.5 Å². The van der Waals surface area contributed by atoms with Crippen LogP contribution >= 0.6 is 11.3 Å². The van der Waals surface area contributed by atoms with E-state index in [1.165, 1.54) is 0 Å². The van der Waals surface area contributed by atoms with E-state index in [1.54, 1.807) is 29.5 Å². The lowest BCUT2D eigenvalue weighted by atomic mass is 10.1. The largest absolute Gasteiger partial charge is 0.378 e. The molecule has 2 aromatic heterocycles. The number of aromatic amines is 1. The number of amides is 1. The molecule has 0 bridgehead atoms. The van der Waals surface area contributed by atoms with E-state index in [-0.39, 0.29) is 17.2 Å². The molecule has 8 heteroatoms. The number of nitrogens with one attached hydrogen (secondary N) is 2. The lowest BCUT2D eigenvalue weighted by molar-refractivity contribution is 0.102. The standard InChI is InChI=1S/C23H20N4O3S/c28-21-18-4-2-1-3-16(18)13-19(25-21)22(29)24-17-7-5-15(6-8-17)20-14-31-23(26-20)27-9-11-30-12-10-27/h1-8,13-14H,9-12H2,(H,24,29)(H,25,28). The molecule has 31 heavy (non-hydrogen) atoms. The fourth-order valence-electron chi connectivity index (χ4n) is 3.55. The third kappa shape index (κ3) is 4.08. The van der Waals surface area contributed by atoms with Crippen LogP contribution in [0, 0.1) is 0 Å². The molecule has 1 saturated heterocycles. The van der Waals surface area contributed by atoms with Crippen molar-refractivity contribution >= 4 is 38.8 Å². The Balaban J connectivity index is 1.31. The quantitative estimate of drug-likeness (QED) is 0.513. The highest BCUT2D eigenvalue weighted by Crippen LogP contribution is 2.28. The molecule has 156 valence electrons. The number of aromatic nitrogens is 2. The third-order valence-electron chi connectivity index (χ3n) is 5.21. The maximum Gasteiger partial charge on any atom is 0.272 e. The predicted octanol–water partition coefficient (Wildman–Crippen LogP) is 3.74.